The van der Waals surface area contributed by atoms with Crippen molar-refractivity contribution in [2.24, 2.45) is 0 Å². The van der Waals surface area contributed by atoms with E-state index >= 15 is 0 Å². The van der Waals surface area contributed by atoms with Crippen LogP contribution in [0.1, 0.15) is 34.8 Å². The second-order valence-corrected chi connectivity index (χ2v) is 7.07. The number of ether oxygens (including phenoxy) is 1. The Labute approximate surface area is 134 Å². The van der Waals surface area contributed by atoms with Crippen LogP contribution in [-0.4, -0.2) is 41.1 Å². The van der Waals surface area contributed by atoms with E-state index in [9.17, 15) is 4.79 Å². The van der Waals surface area contributed by atoms with Gasteiger partial charge in [-0.3, -0.25) is 4.79 Å². The molecule has 0 aromatic carbocycles. The summed E-state index contributed by atoms with van der Waals surface area (Å²) in [5.41, 5.74) is 8.83. The number of morpholine rings is 1. The van der Waals surface area contributed by atoms with E-state index in [1.165, 1.54) is 11.3 Å². The Morgan fingerprint density at radius 1 is 1.36 bits per heavy atom. The lowest BCUT2D eigenvalue weighted by Crippen LogP contribution is -2.48. The number of nitrogens with zero attached hydrogens (tertiary/aromatic N) is 2. The molecule has 5 nitrogen and oxygen atoms in total. The fourth-order valence-corrected chi connectivity index (χ4v) is 4.30. The Bertz CT molecular complexity index is 731. The number of nitrogen functional groups attached to an aromatic ring is 1. The summed E-state index contributed by atoms with van der Waals surface area (Å²) in [6.45, 7) is 9.13. The van der Waals surface area contributed by atoms with Gasteiger partial charge in [0.05, 0.1) is 17.9 Å². The van der Waals surface area contributed by atoms with Gasteiger partial charge in [-0.05, 0) is 39.3 Å². The van der Waals surface area contributed by atoms with Crippen molar-refractivity contribution < 1.29 is 9.53 Å². The van der Waals surface area contributed by atoms with Gasteiger partial charge in [-0.25, -0.2) is 4.98 Å². The van der Waals surface area contributed by atoms with Crippen molar-refractivity contribution >= 4 is 33.1 Å². The fourth-order valence-electron chi connectivity index (χ4n) is 3.12. The summed E-state index contributed by atoms with van der Waals surface area (Å²) in [7, 11) is 0. The molecule has 1 amide bonds. The highest BCUT2D eigenvalue weighted by molar-refractivity contribution is 7.21. The Kier molecular flexibility index (Phi) is 3.82. The summed E-state index contributed by atoms with van der Waals surface area (Å²) >= 11 is 1.39. The van der Waals surface area contributed by atoms with E-state index in [1.54, 1.807) is 0 Å². The molecule has 0 spiro atoms. The number of nitrogens with two attached hydrogens (primary N) is 1. The number of anilines is 1. The van der Waals surface area contributed by atoms with Crippen LogP contribution in [0, 0.1) is 13.8 Å². The predicted molar refractivity (Wildman–Crippen MR) is 89.4 cm³/mol. The third-order valence-electron chi connectivity index (χ3n) is 3.93. The third-order valence-corrected chi connectivity index (χ3v) is 5.01. The smallest absolute Gasteiger partial charge is 0.266 e. The normalized spacial score (nSPS) is 22.3. The molecule has 0 aliphatic carbocycles. The summed E-state index contributed by atoms with van der Waals surface area (Å²) in [4.78, 5) is 20.6. The van der Waals surface area contributed by atoms with Crippen molar-refractivity contribution in [2.45, 2.75) is 39.9 Å². The van der Waals surface area contributed by atoms with E-state index in [4.69, 9.17) is 10.5 Å². The van der Waals surface area contributed by atoms with Crippen molar-refractivity contribution in [3.8, 4) is 0 Å². The van der Waals surface area contributed by atoms with Gasteiger partial charge in [0.25, 0.3) is 5.91 Å². The van der Waals surface area contributed by atoms with Gasteiger partial charge in [0.1, 0.15) is 9.71 Å². The van der Waals surface area contributed by atoms with E-state index in [2.05, 4.69) is 4.98 Å². The third kappa shape index (κ3) is 2.57. The Balaban J connectivity index is 2.01. The second kappa shape index (κ2) is 5.52. The molecule has 1 fully saturated rings. The molecule has 6 heteroatoms. The monoisotopic (exact) mass is 319 g/mol. The molecular formula is C16H21N3O2S. The van der Waals surface area contributed by atoms with E-state index in [-0.39, 0.29) is 18.1 Å². The number of hydrogen-bond acceptors (Lipinski definition) is 5. The minimum absolute atomic E-state index is 0.0143. The number of rotatable bonds is 1. The lowest BCUT2D eigenvalue weighted by Gasteiger charge is -2.35. The molecule has 2 atom stereocenters. The summed E-state index contributed by atoms with van der Waals surface area (Å²) in [5, 5.41) is 0.910. The number of aromatic nitrogens is 1. The average molecular weight is 319 g/mol. The number of thiophene rings is 1. The van der Waals surface area contributed by atoms with Crippen LogP contribution in [0.15, 0.2) is 6.07 Å². The van der Waals surface area contributed by atoms with Gasteiger partial charge in [0, 0.05) is 24.2 Å². The van der Waals surface area contributed by atoms with Crippen molar-refractivity contribution in [3.05, 3.63) is 22.2 Å². The van der Waals surface area contributed by atoms with Crippen molar-refractivity contribution in [1.29, 1.82) is 0 Å². The van der Waals surface area contributed by atoms with Gasteiger partial charge in [0.2, 0.25) is 0 Å². The Morgan fingerprint density at radius 2 is 2.00 bits per heavy atom. The standard InChI is InChI=1S/C16H21N3O2S/c1-8-5-9(2)18-15-12(8)13(17)14(22-15)16(20)19-6-10(3)21-11(4)7-19/h5,10-11H,6-7,17H2,1-4H3/t10-,11-/m1/s1. The maximum Gasteiger partial charge on any atom is 0.266 e. The first-order valence-electron chi connectivity index (χ1n) is 7.47. The van der Waals surface area contributed by atoms with E-state index in [0.29, 0.717) is 23.7 Å². The van der Waals surface area contributed by atoms with Gasteiger partial charge >= 0.3 is 0 Å². The van der Waals surface area contributed by atoms with Crippen LogP contribution in [0.5, 0.6) is 0 Å². The van der Waals surface area contributed by atoms with Crippen LogP contribution < -0.4 is 5.73 Å². The number of carbonyl (C=O) groups excluding carboxylic acids is 1. The molecular weight excluding hydrogens is 298 g/mol. The summed E-state index contributed by atoms with van der Waals surface area (Å²) in [6, 6.07) is 2.00. The van der Waals surface area contributed by atoms with Crippen LogP contribution in [0.3, 0.4) is 0 Å². The number of carbonyl (C=O) groups is 1. The van der Waals surface area contributed by atoms with Crippen LogP contribution in [-0.2, 0) is 4.74 Å². The number of amides is 1. The first kappa shape index (κ1) is 15.2. The highest BCUT2D eigenvalue weighted by atomic mass is 32.1. The number of fused-ring (bicyclic) bond motifs is 1. The van der Waals surface area contributed by atoms with Gasteiger partial charge in [0.15, 0.2) is 0 Å². The van der Waals surface area contributed by atoms with E-state index in [1.807, 2.05) is 38.7 Å². The lowest BCUT2D eigenvalue weighted by atomic mass is 10.1. The zero-order valence-electron chi connectivity index (χ0n) is 13.3. The Hall–Kier alpha value is -1.66. The topological polar surface area (TPSA) is 68.5 Å². The molecule has 2 aromatic heterocycles. The van der Waals surface area contributed by atoms with Gasteiger partial charge in [-0.1, -0.05) is 0 Å². The van der Waals surface area contributed by atoms with Crippen molar-refractivity contribution in [2.75, 3.05) is 18.8 Å². The molecule has 118 valence electrons. The minimum Gasteiger partial charge on any atom is -0.397 e. The summed E-state index contributed by atoms with van der Waals surface area (Å²) in [5.74, 6) is -0.0143. The quantitative estimate of drug-likeness (QED) is 0.877. The van der Waals surface area contributed by atoms with Crippen LogP contribution in [0.4, 0.5) is 5.69 Å². The van der Waals surface area contributed by atoms with Crippen LogP contribution in [0.2, 0.25) is 0 Å². The molecule has 1 aliphatic rings. The largest absolute Gasteiger partial charge is 0.397 e. The molecule has 1 saturated heterocycles. The highest BCUT2D eigenvalue weighted by Gasteiger charge is 2.29. The number of hydrogen-bond donors (Lipinski definition) is 1. The van der Waals surface area contributed by atoms with Gasteiger partial charge < -0.3 is 15.4 Å². The molecule has 22 heavy (non-hydrogen) atoms. The predicted octanol–water partition coefficient (Wildman–Crippen LogP) is 2.74. The second-order valence-electron chi connectivity index (χ2n) is 6.07. The Morgan fingerprint density at radius 3 is 2.64 bits per heavy atom. The first-order chi connectivity index (χ1) is 10.4. The molecule has 0 radical (unpaired) electrons. The fraction of sp³-hybridized carbons (Fsp3) is 0.500. The van der Waals surface area contributed by atoms with Crippen molar-refractivity contribution in [3.63, 3.8) is 0 Å². The molecule has 1 aliphatic heterocycles. The van der Waals surface area contributed by atoms with Crippen LogP contribution in [0.25, 0.3) is 10.2 Å². The lowest BCUT2D eigenvalue weighted by molar-refractivity contribution is -0.0584. The van der Waals surface area contributed by atoms with Crippen molar-refractivity contribution in [1.82, 2.24) is 9.88 Å². The van der Waals surface area contributed by atoms with Gasteiger partial charge in [-0.2, -0.15) is 0 Å². The number of pyridine rings is 1. The van der Waals surface area contributed by atoms with E-state index in [0.717, 1.165) is 21.5 Å². The molecule has 3 rings (SSSR count). The maximum absolute atomic E-state index is 12.9. The molecule has 2 N–H and O–H groups in total. The minimum atomic E-state index is -0.0143. The van der Waals surface area contributed by atoms with Crippen LogP contribution >= 0.6 is 11.3 Å². The number of aryl methyl sites for hydroxylation is 2. The molecule has 3 heterocycles. The summed E-state index contributed by atoms with van der Waals surface area (Å²) < 4.78 is 5.69. The molecule has 0 saturated carbocycles. The SMILES string of the molecule is Cc1cc(C)c2c(N)c(C(=O)N3C[C@@H](C)O[C@H](C)C3)sc2n1. The molecule has 0 unspecified atom stereocenters. The summed E-state index contributed by atoms with van der Waals surface area (Å²) in [6.07, 6.45) is 0.0933. The highest BCUT2D eigenvalue weighted by Crippen LogP contribution is 2.36. The zero-order chi connectivity index (χ0) is 16.0. The maximum atomic E-state index is 12.9. The molecule has 0 bridgehead atoms. The molecule has 2 aromatic rings. The zero-order valence-corrected chi connectivity index (χ0v) is 14.2. The average Bonchev–Trinajstić information content (AvgIpc) is 2.73. The first-order valence-corrected chi connectivity index (χ1v) is 8.29. The van der Waals surface area contributed by atoms with E-state index < -0.39 is 0 Å². The van der Waals surface area contributed by atoms with Gasteiger partial charge in [-0.15, -0.1) is 11.3 Å².